The number of fused-ring (bicyclic) bond motifs is 1. The van der Waals surface area contributed by atoms with Gasteiger partial charge in [-0.2, -0.15) is 8.78 Å². The van der Waals surface area contributed by atoms with E-state index in [2.05, 4.69) is 15.0 Å². The molecule has 1 aromatic rings. The number of nitrogens with zero attached hydrogens (tertiary/aromatic N) is 2. The number of carbonyl (C=O) groups is 1. The third kappa shape index (κ3) is 3.47. The Morgan fingerprint density at radius 2 is 2.33 bits per heavy atom. The molecule has 0 saturated carbocycles. The lowest BCUT2D eigenvalue weighted by Gasteiger charge is -2.23. The number of nitrogens with one attached hydrogen (secondary N) is 1. The number of rotatable bonds is 6. The fourth-order valence-electron chi connectivity index (χ4n) is 2.87. The minimum Gasteiger partial charge on any atom is -0.477 e. The summed E-state index contributed by atoms with van der Waals surface area (Å²) in [5.41, 5.74) is 0.839. The first-order valence-corrected chi connectivity index (χ1v) is 7.60. The van der Waals surface area contributed by atoms with Crippen LogP contribution in [0.1, 0.15) is 18.7 Å². The van der Waals surface area contributed by atoms with Crippen LogP contribution in [-0.2, 0) is 16.0 Å². The largest absolute Gasteiger partial charge is 0.477 e. The van der Waals surface area contributed by atoms with Crippen LogP contribution >= 0.6 is 0 Å². The molecule has 6 nitrogen and oxygen atoms in total. The van der Waals surface area contributed by atoms with E-state index in [1.165, 1.54) is 6.08 Å². The molecule has 8 heteroatoms. The van der Waals surface area contributed by atoms with E-state index in [0.717, 1.165) is 5.82 Å². The number of aryl methyl sites for hydroxylation is 1. The van der Waals surface area contributed by atoms with Crippen molar-refractivity contribution >= 4 is 11.7 Å². The summed E-state index contributed by atoms with van der Waals surface area (Å²) in [4.78, 5) is 15.7. The van der Waals surface area contributed by atoms with Gasteiger partial charge in [-0.3, -0.25) is 4.57 Å². The van der Waals surface area contributed by atoms with Crippen LogP contribution in [0.5, 0.6) is 0 Å². The molecule has 0 fully saturated rings. The molecule has 24 heavy (non-hydrogen) atoms. The summed E-state index contributed by atoms with van der Waals surface area (Å²) in [5, 5.41) is 12.7. The van der Waals surface area contributed by atoms with Crippen molar-refractivity contribution in [1.29, 1.82) is 0 Å². The molecule has 0 bridgehead atoms. The molecule has 1 aromatic heterocycles. The van der Waals surface area contributed by atoms with E-state index in [-0.39, 0.29) is 17.4 Å². The van der Waals surface area contributed by atoms with Crippen LogP contribution in [0.25, 0.3) is 5.70 Å². The number of aromatic nitrogens is 2. The lowest BCUT2D eigenvalue weighted by atomic mass is 9.99. The van der Waals surface area contributed by atoms with Gasteiger partial charge in [0.1, 0.15) is 11.6 Å². The van der Waals surface area contributed by atoms with Gasteiger partial charge >= 0.3 is 12.6 Å². The average Bonchev–Trinajstić information content (AvgIpc) is 3.01. The Kier molecular flexibility index (Phi) is 4.64. The molecule has 2 N–H and O–H groups in total. The number of ether oxygens (including phenoxy) is 1. The van der Waals surface area contributed by atoms with Gasteiger partial charge in [-0.1, -0.05) is 6.08 Å². The van der Waals surface area contributed by atoms with E-state index in [1.807, 2.05) is 0 Å². The van der Waals surface area contributed by atoms with Crippen molar-refractivity contribution in [3.8, 4) is 0 Å². The van der Waals surface area contributed by atoms with E-state index in [1.54, 1.807) is 29.1 Å². The molecule has 1 unspecified atom stereocenters. The summed E-state index contributed by atoms with van der Waals surface area (Å²) < 4.78 is 30.2. The zero-order chi connectivity index (χ0) is 17.1. The van der Waals surface area contributed by atoms with Gasteiger partial charge in [-0.15, -0.1) is 0 Å². The maximum atomic E-state index is 12.1. The minimum atomic E-state index is -2.83. The fraction of sp³-hybridized carbons (Fsp3) is 0.375. The Morgan fingerprint density at radius 3 is 3.00 bits per heavy atom. The van der Waals surface area contributed by atoms with Gasteiger partial charge in [0.2, 0.25) is 0 Å². The Morgan fingerprint density at radius 1 is 1.50 bits per heavy atom. The molecule has 2 aliphatic rings. The van der Waals surface area contributed by atoms with E-state index >= 15 is 0 Å². The van der Waals surface area contributed by atoms with Gasteiger partial charge in [0.25, 0.3) is 0 Å². The van der Waals surface area contributed by atoms with E-state index in [9.17, 15) is 18.7 Å². The molecule has 3 rings (SSSR count). The second-order valence-electron chi connectivity index (χ2n) is 5.57. The lowest BCUT2D eigenvalue weighted by molar-refractivity contribution is -0.130. The SMILES string of the molecule is O=C(O)C1=C(NCC2C=CC(OC(F)F)=CC2)CCc2nccn21. The maximum Gasteiger partial charge on any atom is 0.387 e. The summed E-state index contributed by atoms with van der Waals surface area (Å²) in [6.45, 7) is -2.31. The monoisotopic (exact) mass is 337 g/mol. The third-order valence-corrected chi connectivity index (χ3v) is 4.00. The van der Waals surface area contributed by atoms with Crippen molar-refractivity contribution in [2.24, 2.45) is 5.92 Å². The van der Waals surface area contributed by atoms with Gasteiger partial charge in [0, 0.05) is 31.1 Å². The summed E-state index contributed by atoms with van der Waals surface area (Å²) in [5.74, 6) is -0.0375. The van der Waals surface area contributed by atoms with Crippen LogP contribution in [0.4, 0.5) is 8.78 Å². The zero-order valence-corrected chi connectivity index (χ0v) is 12.8. The zero-order valence-electron chi connectivity index (χ0n) is 12.8. The minimum absolute atomic E-state index is 0.0850. The van der Waals surface area contributed by atoms with E-state index in [4.69, 9.17) is 0 Å². The topological polar surface area (TPSA) is 76.4 Å². The molecule has 0 saturated heterocycles. The van der Waals surface area contributed by atoms with Crippen molar-refractivity contribution in [2.75, 3.05) is 6.54 Å². The van der Waals surface area contributed by atoms with Crippen LogP contribution in [0.15, 0.2) is 42.1 Å². The van der Waals surface area contributed by atoms with Crippen LogP contribution in [-0.4, -0.2) is 33.8 Å². The number of halogens is 2. The quantitative estimate of drug-likeness (QED) is 0.833. The molecule has 0 spiro atoms. The van der Waals surface area contributed by atoms with Gasteiger partial charge < -0.3 is 15.2 Å². The predicted molar refractivity (Wildman–Crippen MR) is 81.8 cm³/mol. The average molecular weight is 337 g/mol. The van der Waals surface area contributed by atoms with Crippen LogP contribution in [0, 0.1) is 5.92 Å². The number of alkyl halides is 2. The summed E-state index contributed by atoms with van der Waals surface area (Å²) in [6, 6.07) is 0. The molecule has 0 amide bonds. The highest BCUT2D eigenvalue weighted by Crippen LogP contribution is 2.24. The van der Waals surface area contributed by atoms with Crippen molar-refractivity contribution in [2.45, 2.75) is 25.9 Å². The summed E-state index contributed by atoms with van der Waals surface area (Å²) >= 11 is 0. The summed E-state index contributed by atoms with van der Waals surface area (Å²) in [6.07, 6.45) is 9.93. The number of carboxylic acids is 1. The highest BCUT2D eigenvalue weighted by atomic mass is 19.3. The molecular formula is C16H17F2N3O3. The number of allylic oxidation sites excluding steroid dienone is 3. The Hall–Kier alpha value is -2.64. The first-order valence-electron chi connectivity index (χ1n) is 7.60. The predicted octanol–water partition coefficient (Wildman–Crippen LogP) is 2.37. The number of imidazole rings is 1. The van der Waals surface area contributed by atoms with Crippen molar-refractivity contribution < 1.29 is 23.4 Å². The highest BCUT2D eigenvalue weighted by molar-refractivity contribution is 6.10. The number of aliphatic carboxylic acids is 1. The maximum absolute atomic E-state index is 12.1. The van der Waals surface area contributed by atoms with Crippen LogP contribution < -0.4 is 5.32 Å². The normalized spacial score (nSPS) is 20.0. The third-order valence-electron chi connectivity index (χ3n) is 4.00. The second kappa shape index (κ2) is 6.86. The molecule has 1 atom stereocenters. The van der Waals surface area contributed by atoms with Crippen LogP contribution in [0.3, 0.4) is 0 Å². The molecule has 128 valence electrons. The van der Waals surface area contributed by atoms with Gasteiger partial charge in [-0.25, -0.2) is 9.78 Å². The van der Waals surface area contributed by atoms with Crippen LogP contribution in [0.2, 0.25) is 0 Å². The standard InChI is InChI=1S/C16H17F2N3O3/c17-16(18)24-11-3-1-10(2-4-11)9-20-12-5-6-13-19-7-8-21(13)14(12)15(22)23/h1,3-4,7-8,10,16,20H,2,5-6,9H2,(H,22,23). The van der Waals surface area contributed by atoms with Crippen molar-refractivity contribution in [3.05, 3.63) is 47.9 Å². The Bertz CT molecular complexity index is 722. The fourth-order valence-corrected chi connectivity index (χ4v) is 2.87. The Balaban J connectivity index is 1.65. The lowest BCUT2D eigenvalue weighted by Crippen LogP contribution is -2.29. The van der Waals surface area contributed by atoms with Crippen molar-refractivity contribution in [1.82, 2.24) is 14.9 Å². The number of carboxylic acid groups (broad SMARTS) is 1. The molecule has 1 aliphatic heterocycles. The van der Waals surface area contributed by atoms with Gasteiger partial charge in [-0.05, 0) is 30.9 Å². The van der Waals surface area contributed by atoms with E-state index in [0.29, 0.717) is 31.5 Å². The van der Waals surface area contributed by atoms with Crippen molar-refractivity contribution in [3.63, 3.8) is 0 Å². The number of hydrogen-bond acceptors (Lipinski definition) is 4. The smallest absolute Gasteiger partial charge is 0.387 e. The first-order chi connectivity index (χ1) is 11.5. The van der Waals surface area contributed by atoms with Gasteiger partial charge in [0.15, 0.2) is 5.70 Å². The molecular weight excluding hydrogens is 320 g/mol. The molecule has 2 heterocycles. The van der Waals surface area contributed by atoms with Gasteiger partial charge in [0.05, 0.1) is 0 Å². The summed E-state index contributed by atoms with van der Waals surface area (Å²) in [7, 11) is 0. The Labute approximate surface area is 137 Å². The number of hydrogen-bond donors (Lipinski definition) is 2. The first kappa shape index (κ1) is 16.2. The molecule has 0 aromatic carbocycles. The van der Waals surface area contributed by atoms with E-state index < -0.39 is 12.6 Å². The highest BCUT2D eigenvalue weighted by Gasteiger charge is 2.24. The molecule has 1 aliphatic carbocycles. The second-order valence-corrected chi connectivity index (χ2v) is 5.57. The molecule has 0 radical (unpaired) electrons.